The molecule has 3 heterocycles. The molecule has 0 aliphatic carbocycles. The molecule has 11 nitrogen and oxygen atoms in total. The van der Waals surface area contributed by atoms with Crippen LogP contribution in [0.15, 0.2) is 68.4 Å². The first-order chi connectivity index (χ1) is 16.4. The molecule has 0 saturated heterocycles. The first-order valence-corrected chi connectivity index (χ1v) is 11.1. The molecule has 0 aliphatic heterocycles. The van der Waals surface area contributed by atoms with Crippen LogP contribution in [0.2, 0.25) is 0 Å². The van der Waals surface area contributed by atoms with Gasteiger partial charge in [0.25, 0.3) is 5.56 Å². The van der Waals surface area contributed by atoms with Crippen LogP contribution in [0.4, 0.5) is 5.69 Å². The van der Waals surface area contributed by atoms with Gasteiger partial charge in [-0.05, 0) is 35.5 Å². The zero-order chi connectivity index (χ0) is 23.8. The monoisotopic (exact) mass is 477 g/mol. The van der Waals surface area contributed by atoms with E-state index in [1.807, 2.05) is 30.3 Å². The number of anilines is 1. The fraction of sp³-hybridized carbons (Fsp3) is 0.136. The lowest BCUT2D eigenvalue weighted by atomic mass is 10.2. The number of imidazole rings is 2. The minimum Gasteiger partial charge on any atom is -0.480 e. The van der Waals surface area contributed by atoms with Crippen molar-refractivity contribution in [2.75, 3.05) is 11.9 Å². The van der Waals surface area contributed by atoms with Gasteiger partial charge in [-0.1, -0.05) is 30.3 Å². The molecule has 2 aromatic carbocycles. The molecule has 0 atom stereocenters. The van der Waals surface area contributed by atoms with Crippen molar-refractivity contribution in [1.82, 2.24) is 29.1 Å². The van der Waals surface area contributed by atoms with Gasteiger partial charge in [0.1, 0.15) is 6.54 Å². The second-order valence-electron chi connectivity index (χ2n) is 7.58. The number of aliphatic carboxylic acids is 1. The van der Waals surface area contributed by atoms with Gasteiger partial charge < -0.3 is 20.0 Å². The van der Waals surface area contributed by atoms with Crippen molar-refractivity contribution >= 4 is 45.6 Å². The summed E-state index contributed by atoms with van der Waals surface area (Å²) >= 11 is 1.23. The normalized spacial score (nSPS) is 11.3. The summed E-state index contributed by atoms with van der Waals surface area (Å²) in [6.07, 6.45) is 0. The molecule has 5 aromatic rings. The lowest BCUT2D eigenvalue weighted by Gasteiger charge is -2.07. The second-order valence-corrected chi connectivity index (χ2v) is 8.54. The zero-order valence-electron chi connectivity index (χ0n) is 17.9. The Kier molecular flexibility index (Phi) is 5.42. The van der Waals surface area contributed by atoms with Gasteiger partial charge in [-0.15, -0.1) is 0 Å². The van der Waals surface area contributed by atoms with Gasteiger partial charge in [-0.3, -0.25) is 19.1 Å². The summed E-state index contributed by atoms with van der Waals surface area (Å²) in [4.78, 5) is 50.4. The fourth-order valence-electron chi connectivity index (χ4n) is 3.61. The molecule has 0 saturated carbocycles. The number of aromatic nitrogens is 6. The van der Waals surface area contributed by atoms with E-state index in [0.29, 0.717) is 39.1 Å². The van der Waals surface area contributed by atoms with Gasteiger partial charge in [0.2, 0.25) is 0 Å². The summed E-state index contributed by atoms with van der Waals surface area (Å²) in [5.74, 6) is -0.956. The summed E-state index contributed by atoms with van der Waals surface area (Å²) in [7, 11) is 1.56. The predicted octanol–water partition coefficient (Wildman–Crippen LogP) is 2.00. The van der Waals surface area contributed by atoms with E-state index in [0.717, 1.165) is 5.56 Å². The predicted molar refractivity (Wildman–Crippen MR) is 127 cm³/mol. The molecule has 0 radical (unpaired) electrons. The number of carboxylic acid groups (broad SMARTS) is 1. The van der Waals surface area contributed by atoms with E-state index in [-0.39, 0.29) is 12.2 Å². The van der Waals surface area contributed by atoms with Crippen molar-refractivity contribution in [2.45, 2.75) is 16.9 Å². The van der Waals surface area contributed by atoms with Gasteiger partial charge in [0, 0.05) is 12.7 Å². The molecule has 0 amide bonds. The zero-order valence-corrected chi connectivity index (χ0v) is 18.7. The molecule has 3 aromatic heterocycles. The third kappa shape index (κ3) is 4.06. The van der Waals surface area contributed by atoms with Crippen molar-refractivity contribution in [2.24, 2.45) is 7.05 Å². The number of aromatic amines is 2. The van der Waals surface area contributed by atoms with E-state index < -0.39 is 17.2 Å². The van der Waals surface area contributed by atoms with Gasteiger partial charge in [-0.2, -0.15) is 0 Å². The highest BCUT2D eigenvalue weighted by Crippen LogP contribution is 2.30. The summed E-state index contributed by atoms with van der Waals surface area (Å²) < 4.78 is 3.07. The summed E-state index contributed by atoms with van der Waals surface area (Å²) in [5, 5.41) is 12.7. The quantitative estimate of drug-likeness (QED) is 0.278. The molecule has 5 rings (SSSR count). The Bertz CT molecular complexity index is 1650. The highest BCUT2D eigenvalue weighted by Gasteiger charge is 2.19. The molecule has 12 heteroatoms. The fourth-order valence-corrected chi connectivity index (χ4v) is 4.49. The van der Waals surface area contributed by atoms with E-state index >= 15 is 0 Å². The van der Waals surface area contributed by atoms with Gasteiger partial charge in [0.05, 0.1) is 17.6 Å². The number of nitrogens with one attached hydrogen (secondary N) is 3. The maximum atomic E-state index is 12.7. The minimum atomic E-state index is -0.956. The second kappa shape index (κ2) is 8.56. The summed E-state index contributed by atoms with van der Waals surface area (Å²) in [6.45, 7) is 0.183. The topological polar surface area (TPSA) is 151 Å². The van der Waals surface area contributed by atoms with E-state index in [9.17, 15) is 14.4 Å². The van der Waals surface area contributed by atoms with Crippen LogP contribution < -0.4 is 16.6 Å². The Morgan fingerprint density at radius 1 is 1.12 bits per heavy atom. The van der Waals surface area contributed by atoms with Crippen LogP contribution in [-0.4, -0.2) is 46.7 Å². The van der Waals surface area contributed by atoms with Crippen LogP contribution in [-0.2, 0) is 18.4 Å². The van der Waals surface area contributed by atoms with Crippen LogP contribution in [0.25, 0.3) is 22.2 Å². The van der Waals surface area contributed by atoms with Crippen LogP contribution >= 0.6 is 11.8 Å². The van der Waals surface area contributed by atoms with Gasteiger partial charge in [-0.25, -0.2) is 14.8 Å². The molecule has 34 heavy (non-hydrogen) atoms. The van der Waals surface area contributed by atoms with Crippen LogP contribution in [0.3, 0.4) is 0 Å². The lowest BCUT2D eigenvalue weighted by molar-refractivity contribution is -0.134. The number of rotatable bonds is 7. The van der Waals surface area contributed by atoms with Crippen molar-refractivity contribution in [1.29, 1.82) is 0 Å². The Labute approximate surface area is 195 Å². The van der Waals surface area contributed by atoms with Crippen molar-refractivity contribution in [3.8, 4) is 0 Å². The Morgan fingerprint density at radius 2 is 1.91 bits per heavy atom. The number of H-pyrrole nitrogens is 2. The highest BCUT2D eigenvalue weighted by atomic mass is 32.2. The molecule has 0 aliphatic rings. The smallest absolute Gasteiger partial charge is 0.329 e. The average Bonchev–Trinajstić information content (AvgIpc) is 3.38. The molecule has 4 N–H and O–H groups in total. The van der Waals surface area contributed by atoms with E-state index in [1.54, 1.807) is 29.8 Å². The lowest BCUT2D eigenvalue weighted by Crippen LogP contribution is -2.29. The van der Waals surface area contributed by atoms with E-state index in [1.165, 1.54) is 16.3 Å². The third-order valence-electron chi connectivity index (χ3n) is 5.25. The molecular formula is C22H19N7O4S. The van der Waals surface area contributed by atoms with Crippen molar-refractivity contribution < 1.29 is 9.90 Å². The van der Waals surface area contributed by atoms with E-state index in [4.69, 9.17) is 5.11 Å². The Morgan fingerprint density at radius 3 is 2.68 bits per heavy atom. The molecule has 0 spiro atoms. The maximum Gasteiger partial charge on any atom is 0.329 e. The molecule has 0 bridgehead atoms. The Hall–Kier alpha value is -4.32. The van der Waals surface area contributed by atoms with Crippen LogP contribution in [0, 0.1) is 0 Å². The van der Waals surface area contributed by atoms with Crippen LogP contribution in [0.1, 0.15) is 5.56 Å². The molecular weight excluding hydrogens is 458 g/mol. The number of aryl methyl sites for hydroxylation is 1. The van der Waals surface area contributed by atoms with Gasteiger partial charge >= 0.3 is 11.7 Å². The van der Waals surface area contributed by atoms with Crippen molar-refractivity contribution in [3.05, 3.63) is 74.9 Å². The first-order valence-electron chi connectivity index (χ1n) is 10.3. The number of carboxylic acids is 1. The minimum absolute atomic E-state index is 0.196. The maximum absolute atomic E-state index is 12.7. The Balaban J connectivity index is 1.57. The summed E-state index contributed by atoms with van der Waals surface area (Å²) in [6, 6.07) is 14.9. The number of hydrogen-bond donors (Lipinski definition) is 4. The number of fused-ring (bicyclic) bond motifs is 2. The molecule has 0 unspecified atom stereocenters. The first kappa shape index (κ1) is 21.5. The summed E-state index contributed by atoms with van der Waals surface area (Å²) in [5.41, 5.74) is 2.56. The third-order valence-corrected chi connectivity index (χ3v) is 6.13. The molecule has 172 valence electrons. The average molecular weight is 478 g/mol. The number of carbonyl (C=O) groups is 1. The number of nitrogens with zero attached hydrogens (tertiary/aromatic N) is 4. The number of benzene rings is 2. The van der Waals surface area contributed by atoms with Crippen LogP contribution in [0.5, 0.6) is 0 Å². The SMILES string of the molecule is Cn1c(=O)[nH]c(=O)c2c1nc(Sc1nc3ccc(NCC(=O)O)cc3[nH]1)n2Cc1ccccc1. The van der Waals surface area contributed by atoms with Crippen molar-refractivity contribution in [3.63, 3.8) is 0 Å². The largest absolute Gasteiger partial charge is 0.480 e. The highest BCUT2D eigenvalue weighted by molar-refractivity contribution is 7.99. The molecule has 0 fully saturated rings. The van der Waals surface area contributed by atoms with E-state index in [2.05, 4.69) is 25.3 Å². The van der Waals surface area contributed by atoms with Gasteiger partial charge in [0.15, 0.2) is 21.5 Å². The number of hydrogen-bond acceptors (Lipinski definition) is 7. The standard InChI is InChI=1S/C22H19N7O4S/c1-28-18-17(19(32)27-21(28)33)29(11-12-5-3-2-4-6-12)22(26-18)34-20-24-14-8-7-13(9-15(14)25-20)23-10-16(30)31/h2-9,23H,10-11H2,1H3,(H,24,25)(H,30,31)(H,27,32,33).